The fourth-order valence-electron chi connectivity index (χ4n) is 1.18. The van der Waals surface area contributed by atoms with Gasteiger partial charge in [0.15, 0.2) is 11.6 Å². The Balaban J connectivity index is 3.08. The molecule has 0 aliphatic rings. The molecule has 0 radical (unpaired) electrons. The van der Waals surface area contributed by atoms with Crippen LogP contribution in [0.1, 0.15) is 19.4 Å². The number of ketones is 2. The van der Waals surface area contributed by atoms with Gasteiger partial charge in [-0.2, -0.15) is 0 Å². The number of carbonyl (C=O) groups excluding carboxylic acids is 2. The molecule has 0 saturated heterocycles. The third kappa shape index (κ3) is 3.13. The number of halogens is 1. The summed E-state index contributed by atoms with van der Waals surface area (Å²) >= 11 is 0. The first-order chi connectivity index (χ1) is 7.00. The minimum atomic E-state index is -0.348. The van der Waals surface area contributed by atoms with Gasteiger partial charge in [-0.05, 0) is 37.6 Å². The van der Waals surface area contributed by atoms with Gasteiger partial charge in [0.25, 0.3) is 0 Å². The molecule has 0 heterocycles. The first kappa shape index (κ1) is 11.3. The van der Waals surface area contributed by atoms with Crippen molar-refractivity contribution < 1.29 is 14.0 Å². The Labute approximate surface area is 87.4 Å². The van der Waals surface area contributed by atoms with Crippen LogP contribution in [0, 0.1) is 5.82 Å². The number of hydrogen-bond acceptors (Lipinski definition) is 2. The van der Waals surface area contributed by atoms with Gasteiger partial charge in [-0.25, -0.2) is 4.39 Å². The minimum Gasteiger partial charge on any atom is -0.294 e. The Morgan fingerprint density at radius 1 is 1.07 bits per heavy atom. The van der Waals surface area contributed by atoms with E-state index >= 15 is 0 Å². The van der Waals surface area contributed by atoms with Gasteiger partial charge in [0.05, 0.1) is 5.57 Å². The van der Waals surface area contributed by atoms with E-state index in [0.717, 1.165) is 0 Å². The lowest BCUT2D eigenvalue weighted by Crippen LogP contribution is -2.05. The smallest absolute Gasteiger partial charge is 0.163 e. The maximum atomic E-state index is 12.6. The van der Waals surface area contributed by atoms with E-state index in [1.807, 2.05) is 0 Å². The third-order valence-electron chi connectivity index (χ3n) is 1.94. The van der Waals surface area contributed by atoms with Crippen molar-refractivity contribution in [3.05, 3.63) is 41.2 Å². The van der Waals surface area contributed by atoms with Crippen LogP contribution >= 0.6 is 0 Å². The maximum Gasteiger partial charge on any atom is 0.163 e. The van der Waals surface area contributed by atoms with Crippen LogP contribution < -0.4 is 0 Å². The molecular formula is C12H11FO2. The highest BCUT2D eigenvalue weighted by Gasteiger charge is 2.08. The molecule has 0 saturated carbocycles. The number of hydrogen-bond donors (Lipinski definition) is 0. The average Bonchev–Trinajstić information content (AvgIpc) is 2.15. The van der Waals surface area contributed by atoms with Gasteiger partial charge in [0, 0.05) is 0 Å². The summed E-state index contributed by atoms with van der Waals surface area (Å²) in [5.41, 5.74) is 0.762. The van der Waals surface area contributed by atoms with E-state index in [-0.39, 0.29) is 23.0 Å². The molecule has 2 nitrogen and oxygen atoms in total. The Morgan fingerprint density at radius 2 is 1.53 bits per heavy atom. The van der Waals surface area contributed by atoms with Crippen molar-refractivity contribution in [1.29, 1.82) is 0 Å². The lowest BCUT2D eigenvalue weighted by molar-refractivity contribution is -0.119. The Kier molecular flexibility index (Phi) is 3.50. The second kappa shape index (κ2) is 4.64. The average molecular weight is 206 g/mol. The van der Waals surface area contributed by atoms with Crippen LogP contribution in [-0.2, 0) is 9.59 Å². The molecule has 0 bridgehead atoms. The first-order valence-electron chi connectivity index (χ1n) is 4.50. The van der Waals surface area contributed by atoms with Crippen molar-refractivity contribution >= 4 is 17.6 Å². The summed E-state index contributed by atoms with van der Waals surface area (Å²) in [5, 5.41) is 0. The zero-order chi connectivity index (χ0) is 11.4. The van der Waals surface area contributed by atoms with Crippen molar-refractivity contribution in [3.63, 3.8) is 0 Å². The van der Waals surface area contributed by atoms with E-state index in [9.17, 15) is 14.0 Å². The van der Waals surface area contributed by atoms with Crippen molar-refractivity contribution in [1.82, 2.24) is 0 Å². The van der Waals surface area contributed by atoms with E-state index in [4.69, 9.17) is 0 Å². The number of Topliss-reactive ketones (excluding diaryl/α,β-unsaturated/α-hetero) is 2. The standard InChI is InChI=1S/C12H11FO2/c1-8(14)12(9(2)15)7-10-3-5-11(13)6-4-10/h3-7H,1-2H3. The van der Waals surface area contributed by atoms with Crippen molar-refractivity contribution in [2.75, 3.05) is 0 Å². The molecule has 1 aromatic rings. The molecule has 1 rings (SSSR count). The second-order valence-corrected chi connectivity index (χ2v) is 3.22. The van der Waals surface area contributed by atoms with Gasteiger partial charge in [0.2, 0.25) is 0 Å². The van der Waals surface area contributed by atoms with Gasteiger partial charge in [-0.3, -0.25) is 9.59 Å². The van der Waals surface area contributed by atoms with Gasteiger partial charge in [0.1, 0.15) is 5.82 Å². The van der Waals surface area contributed by atoms with Crippen LogP contribution in [0.25, 0.3) is 6.08 Å². The van der Waals surface area contributed by atoms with Gasteiger partial charge < -0.3 is 0 Å². The third-order valence-corrected chi connectivity index (χ3v) is 1.94. The van der Waals surface area contributed by atoms with Gasteiger partial charge in [-0.1, -0.05) is 12.1 Å². The molecule has 1 aromatic carbocycles. The monoisotopic (exact) mass is 206 g/mol. The van der Waals surface area contributed by atoms with Crippen LogP contribution in [-0.4, -0.2) is 11.6 Å². The first-order valence-corrected chi connectivity index (χ1v) is 4.50. The highest BCUT2D eigenvalue weighted by atomic mass is 19.1. The zero-order valence-corrected chi connectivity index (χ0v) is 8.58. The van der Waals surface area contributed by atoms with Gasteiger partial charge >= 0.3 is 0 Å². The lowest BCUT2D eigenvalue weighted by atomic mass is 10.0. The Hall–Kier alpha value is -1.77. The van der Waals surface area contributed by atoms with Crippen molar-refractivity contribution in [2.24, 2.45) is 0 Å². The minimum absolute atomic E-state index is 0.126. The van der Waals surface area contributed by atoms with Crippen molar-refractivity contribution in [2.45, 2.75) is 13.8 Å². The van der Waals surface area contributed by atoms with E-state index in [2.05, 4.69) is 0 Å². The van der Waals surface area contributed by atoms with Crippen LogP contribution in [0.2, 0.25) is 0 Å². The molecule has 0 aliphatic heterocycles. The Bertz CT molecular complexity index is 400. The van der Waals surface area contributed by atoms with Crippen LogP contribution in [0.5, 0.6) is 0 Å². The highest BCUT2D eigenvalue weighted by molar-refractivity contribution is 6.21. The molecule has 15 heavy (non-hydrogen) atoms. The topological polar surface area (TPSA) is 34.1 Å². The number of allylic oxidation sites excluding steroid dienone is 1. The molecule has 0 unspecified atom stereocenters. The largest absolute Gasteiger partial charge is 0.294 e. The fraction of sp³-hybridized carbons (Fsp3) is 0.167. The number of benzene rings is 1. The highest BCUT2D eigenvalue weighted by Crippen LogP contribution is 2.09. The molecule has 0 amide bonds. The van der Waals surface area contributed by atoms with Gasteiger partial charge in [-0.15, -0.1) is 0 Å². The van der Waals surface area contributed by atoms with E-state index in [1.165, 1.54) is 44.2 Å². The number of rotatable bonds is 3. The fourth-order valence-corrected chi connectivity index (χ4v) is 1.18. The summed E-state index contributed by atoms with van der Waals surface area (Å²) in [7, 11) is 0. The zero-order valence-electron chi connectivity index (χ0n) is 8.58. The van der Waals surface area contributed by atoms with Crippen LogP contribution in [0.3, 0.4) is 0 Å². The molecule has 0 spiro atoms. The summed E-state index contributed by atoms with van der Waals surface area (Å²) in [4.78, 5) is 22.2. The summed E-state index contributed by atoms with van der Waals surface area (Å²) in [6.45, 7) is 2.66. The molecule has 0 N–H and O–H groups in total. The summed E-state index contributed by atoms with van der Waals surface area (Å²) in [6, 6.07) is 5.59. The lowest BCUT2D eigenvalue weighted by Gasteiger charge is -1.98. The summed E-state index contributed by atoms with van der Waals surface area (Å²) < 4.78 is 12.6. The summed E-state index contributed by atoms with van der Waals surface area (Å²) in [5.74, 6) is -0.919. The molecular weight excluding hydrogens is 195 g/mol. The van der Waals surface area contributed by atoms with Crippen LogP contribution in [0.15, 0.2) is 29.8 Å². The molecule has 0 aromatic heterocycles. The molecule has 0 aliphatic carbocycles. The molecule has 3 heteroatoms. The maximum absolute atomic E-state index is 12.6. The molecule has 0 atom stereocenters. The SMILES string of the molecule is CC(=O)C(=Cc1ccc(F)cc1)C(C)=O. The van der Waals surface area contributed by atoms with E-state index in [0.29, 0.717) is 5.56 Å². The van der Waals surface area contributed by atoms with Crippen LogP contribution in [0.4, 0.5) is 4.39 Å². The summed E-state index contributed by atoms with van der Waals surface area (Å²) in [6.07, 6.45) is 1.46. The molecule has 78 valence electrons. The normalized spacial score (nSPS) is 9.53. The predicted molar refractivity (Wildman–Crippen MR) is 55.7 cm³/mol. The molecule has 0 fully saturated rings. The van der Waals surface area contributed by atoms with Crippen molar-refractivity contribution in [3.8, 4) is 0 Å². The number of carbonyl (C=O) groups is 2. The van der Waals surface area contributed by atoms with E-state index in [1.54, 1.807) is 0 Å². The predicted octanol–water partition coefficient (Wildman–Crippen LogP) is 2.39. The van der Waals surface area contributed by atoms with E-state index < -0.39 is 0 Å². The Morgan fingerprint density at radius 3 is 1.93 bits per heavy atom. The second-order valence-electron chi connectivity index (χ2n) is 3.22. The quantitative estimate of drug-likeness (QED) is 0.432.